The molecule has 2 N–H and O–H groups in total. The normalized spacial score (nSPS) is 12.4. The number of hydrogen-bond donors (Lipinski definition) is 1. The maximum Gasteiger partial charge on any atom is 0.138 e. The molecule has 0 aliphatic carbocycles. The molecule has 1 atom stereocenters. The summed E-state index contributed by atoms with van der Waals surface area (Å²) in [5.74, 6) is 1.61. The van der Waals surface area contributed by atoms with Crippen molar-refractivity contribution in [2.24, 2.45) is 5.73 Å². The molecule has 2 rings (SSSR count). The lowest BCUT2D eigenvalue weighted by Crippen LogP contribution is -2.10. The minimum Gasteiger partial charge on any atom is -0.324 e. The van der Waals surface area contributed by atoms with Gasteiger partial charge in [0, 0.05) is 32.9 Å². The first-order valence-electron chi connectivity index (χ1n) is 6.02. The van der Waals surface area contributed by atoms with E-state index in [0.717, 1.165) is 27.3 Å². The Morgan fingerprint density at radius 2 is 2.00 bits per heavy atom. The smallest absolute Gasteiger partial charge is 0.138 e. The molecule has 19 heavy (non-hydrogen) atoms. The highest BCUT2D eigenvalue weighted by atomic mass is 79.9. The van der Waals surface area contributed by atoms with Crippen LogP contribution in [0.5, 0.6) is 0 Å². The van der Waals surface area contributed by atoms with Gasteiger partial charge in [-0.1, -0.05) is 15.9 Å². The standard InChI is InChI=1S/C14H16BrN3S/c1-9(16)13-7-17-14(18-10(13)2)8-19-12-5-3-11(15)4-6-12/h3-7,9H,8,16H2,1-2H3/t9-/m0/s1. The summed E-state index contributed by atoms with van der Waals surface area (Å²) in [6.07, 6.45) is 1.84. The van der Waals surface area contributed by atoms with Gasteiger partial charge in [0.2, 0.25) is 0 Å². The monoisotopic (exact) mass is 337 g/mol. The number of nitrogens with zero attached hydrogens (tertiary/aromatic N) is 2. The summed E-state index contributed by atoms with van der Waals surface area (Å²) in [7, 11) is 0. The van der Waals surface area contributed by atoms with Gasteiger partial charge in [-0.2, -0.15) is 0 Å². The fourth-order valence-corrected chi connectivity index (χ4v) is 2.75. The second kappa shape index (κ2) is 6.50. The van der Waals surface area contributed by atoms with Gasteiger partial charge in [0.15, 0.2) is 0 Å². The summed E-state index contributed by atoms with van der Waals surface area (Å²) in [6.45, 7) is 3.93. The Bertz CT molecular complexity index is 555. The molecular formula is C14H16BrN3S. The second-order valence-corrected chi connectivity index (χ2v) is 6.32. The fourth-order valence-electron chi connectivity index (χ4n) is 1.72. The molecule has 0 amide bonds. The molecule has 1 aromatic carbocycles. The van der Waals surface area contributed by atoms with Crippen LogP contribution >= 0.6 is 27.7 Å². The predicted octanol–water partition coefficient (Wildman–Crippen LogP) is 3.86. The highest BCUT2D eigenvalue weighted by Crippen LogP contribution is 2.23. The van der Waals surface area contributed by atoms with Crippen LogP contribution in [0.3, 0.4) is 0 Å². The van der Waals surface area contributed by atoms with Gasteiger partial charge in [0.05, 0.1) is 5.75 Å². The van der Waals surface area contributed by atoms with Crippen LogP contribution in [-0.2, 0) is 5.75 Å². The third-order valence-electron chi connectivity index (χ3n) is 2.74. The average molecular weight is 338 g/mol. The molecule has 100 valence electrons. The molecule has 2 aromatic rings. The highest BCUT2D eigenvalue weighted by molar-refractivity contribution is 9.10. The van der Waals surface area contributed by atoms with Crippen LogP contribution in [0.1, 0.15) is 30.0 Å². The first-order chi connectivity index (χ1) is 9.06. The lowest BCUT2D eigenvalue weighted by molar-refractivity contribution is 0.781. The van der Waals surface area contributed by atoms with E-state index in [0.29, 0.717) is 0 Å². The summed E-state index contributed by atoms with van der Waals surface area (Å²) in [6, 6.07) is 8.21. The first kappa shape index (κ1) is 14.5. The van der Waals surface area contributed by atoms with Gasteiger partial charge >= 0.3 is 0 Å². The fraction of sp³-hybridized carbons (Fsp3) is 0.286. The summed E-state index contributed by atoms with van der Waals surface area (Å²) in [5, 5.41) is 0. The van der Waals surface area contributed by atoms with Gasteiger partial charge in [-0.15, -0.1) is 11.8 Å². The summed E-state index contributed by atoms with van der Waals surface area (Å²) >= 11 is 5.15. The minimum atomic E-state index is -0.0202. The molecule has 1 heterocycles. The summed E-state index contributed by atoms with van der Waals surface area (Å²) < 4.78 is 1.09. The van der Waals surface area contributed by atoms with Gasteiger partial charge in [0.25, 0.3) is 0 Å². The number of thioether (sulfide) groups is 1. The molecule has 0 aliphatic rings. The third-order valence-corrected chi connectivity index (χ3v) is 4.28. The van der Waals surface area contributed by atoms with E-state index in [4.69, 9.17) is 5.73 Å². The quantitative estimate of drug-likeness (QED) is 0.860. The van der Waals surface area contributed by atoms with E-state index in [-0.39, 0.29) is 6.04 Å². The zero-order chi connectivity index (χ0) is 13.8. The van der Waals surface area contributed by atoms with Crippen LogP contribution in [0.15, 0.2) is 39.8 Å². The van der Waals surface area contributed by atoms with Gasteiger partial charge in [-0.25, -0.2) is 9.97 Å². The molecule has 0 fully saturated rings. The molecule has 0 aliphatic heterocycles. The van der Waals surface area contributed by atoms with Crippen molar-refractivity contribution in [1.29, 1.82) is 0 Å². The predicted molar refractivity (Wildman–Crippen MR) is 83.1 cm³/mol. The van der Waals surface area contributed by atoms with Crippen LogP contribution < -0.4 is 5.73 Å². The summed E-state index contributed by atoms with van der Waals surface area (Å²) in [5.41, 5.74) is 7.83. The van der Waals surface area contributed by atoms with Crippen LogP contribution in [-0.4, -0.2) is 9.97 Å². The van der Waals surface area contributed by atoms with Crippen molar-refractivity contribution in [2.45, 2.75) is 30.5 Å². The second-order valence-electron chi connectivity index (χ2n) is 4.36. The molecule has 0 saturated carbocycles. The van der Waals surface area contributed by atoms with Crippen LogP contribution in [0.4, 0.5) is 0 Å². The molecule has 0 spiro atoms. The van der Waals surface area contributed by atoms with Gasteiger partial charge in [0.1, 0.15) is 5.82 Å². The minimum absolute atomic E-state index is 0.0202. The Balaban J connectivity index is 2.04. The lowest BCUT2D eigenvalue weighted by atomic mass is 10.1. The molecule has 0 radical (unpaired) electrons. The Kier molecular flexibility index (Phi) is 4.96. The maximum absolute atomic E-state index is 5.85. The largest absolute Gasteiger partial charge is 0.324 e. The SMILES string of the molecule is Cc1nc(CSc2ccc(Br)cc2)ncc1[C@H](C)N. The molecule has 0 bridgehead atoms. The van der Waals surface area contributed by atoms with Crippen molar-refractivity contribution in [3.8, 4) is 0 Å². The zero-order valence-electron chi connectivity index (χ0n) is 10.9. The number of rotatable bonds is 4. The molecular weight excluding hydrogens is 322 g/mol. The zero-order valence-corrected chi connectivity index (χ0v) is 13.3. The first-order valence-corrected chi connectivity index (χ1v) is 7.80. The van der Waals surface area contributed by atoms with Crippen LogP contribution in [0, 0.1) is 6.92 Å². The Morgan fingerprint density at radius 1 is 1.32 bits per heavy atom. The van der Waals surface area contributed by atoms with Crippen molar-refractivity contribution in [3.05, 3.63) is 52.0 Å². The van der Waals surface area contributed by atoms with E-state index >= 15 is 0 Å². The van der Waals surface area contributed by atoms with Crippen LogP contribution in [0.2, 0.25) is 0 Å². The number of aromatic nitrogens is 2. The molecule has 5 heteroatoms. The summed E-state index contributed by atoms with van der Waals surface area (Å²) in [4.78, 5) is 10.1. The van der Waals surface area contributed by atoms with Crippen molar-refractivity contribution in [1.82, 2.24) is 9.97 Å². The van der Waals surface area contributed by atoms with E-state index in [9.17, 15) is 0 Å². The van der Waals surface area contributed by atoms with E-state index in [1.165, 1.54) is 4.90 Å². The molecule has 1 aromatic heterocycles. The Hall–Kier alpha value is -0.910. The number of nitrogens with two attached hydrogens (primary N) is 1. The van der Waals surface area contributed by atoms with Gasteiger partial charge in [-0.05, 0) is 38.1 Å². The van der Waals surface area contributed by atoms with Crippen molar-refractivity contribution < 1.29 is 0 Å². The van der Waals surface area contributed by atoms with E-state index in [1.54, 1.807) is 11.8 Å². The van der Waals surface area contributed by atoms with Crippen LogP contribution in [0.25, 0.3) is 0 Å². The molecule has 0 saturated heterocycles. The van der Waals surface area contributed by atoms with Gasteiger partial charge < -0.3 is 5.73 Å². The highest BCUT2D eigenvalue weighted by Gasteiger charge is 2.07. The third kappa shape index (κ3) is 4.03. The number of halogens is 1. The number of benzene rings is 1. The van der Waals surface area contributed by atoms with Crippen molar-refractivity contribution in [3.63, 3.8) is 0 Å². The Morgan fingerprint density at radius 3 is 2.58 bits per heavy atom. The lowest BCUT2D eigenvalue weighted by Gasteiger charge is -2.09. The van der Waals surface area contributed by atoms with E-state index in [1.807, 2.05) is 32.2 Å². The van der Waals surface area contributed by atoms with Crippen molar-refractivity contribution in [2.75, 3.05) is 0 Å². The van der Waals surface area contributed by atoms with E-state index in [2.05, 4.69) is 38.0 Å². The topological polar surface area (TPSA) is 51.8 Å². The molecule has 3 nitrogen and oxygen atoms in total. The average Bonchev–Trinajstić information content (AvgIpc) is 2.37. The maximum atomic E-state index is 5.85. The van der Waals surface area contributed by atoms with Gasteiger partial charge in [-0.3, -0.25) is 0 Å². The molecule has 0 unspecified atom stereocenters. The van der Waals surface area contributed by atoms with Crippen molar-refractivity contribution >= 4 is 27.7 Å². The number of hydrogen-bond acceptors (Lipinski definition) is 4. The van der Waals surface area contributed by atoms with E-state index < -0.39 is 0 Å². The number of aryl methyl sites for hydroxylation is 1. The Labute approximate surface area is 126 Å².